The molecule has 0 aliphatic heterocycles. The molecule has 2 nitrogen and oxygen atoms in total. The number of aliphatic carboxylic acids is 1. The van der Waals surface area contributed by atoms with Crippen molar-refractivity contribution in [2.45, 2.75) is 20.3 Å². The molecule has 76 valence electrons. The monoisotopic (exact) mass is 256 g/mol. The molecule has 0 heterocycles. The van der Waals surface area contributed by atoms with E-state index in [0.29, 0.717) is 6.42 Å². The summed E-state index contributed by atoms with van der Waals surface area (Å²) < 4.78 is 0.983. The molecule has 0 bridgehead atoms. The summed E-state index contributed by atoms with van der Waals surface area (Å²) in [5, 5.41) is 8.96. The Balaban J connectivity index is 2.83. The Bertz CT molecular complexity index is 345. The summed E-state index contributed by atoms with van der Waals surface area (Å²) in [6.07, 6.45) is 0.543. The normalized spacial score (nSPS) is 11.4. The molecule has 0 saturated carbocycles. The predicted molar refractivity (Wildman–Crippen MR) is 59.3 cm³/mol. The van der Waals surface area contributed by atoms with Crippen molar-refractivity contribution < 1.29 is 9.90 Å². The van der Waals surface area contributed by atoms with Crippen molar-refractivity contribution in [1.29, 1.82) is 0 Å². The highest BCUT2D eigenvalue weighted by molar-refractivity contribution is 9.10. The first-order valence-electron chi connectivity index (χ1n) is 4.40. The molecule has 1 N–H and O–H groups in total. The Hall–Kier alpha value is -0.830. The SMILES string of the molecule is CC(C)(Cc1cccc(Br)c1)C(=O)O. The van der Waals surface area contributed by atoms with Crippen LogP contribution in [-0.2, 0) is 11.2 Å². The minimum atomic E-state index is -0.766. The molecular weight excluding hydrogens is 244 g/mol. The van der Waals surface area contributed by atoms with Crippen LogP contribution >= 0.6 is 15.9 Å². The highest BCUT2D eigenvalue weighted by atomic mass is 79.9. The fraction of sp³-hybridized carbons (Fsp3) is 0.364. The van der Waals surface area contributed by atoms with Gasteiger partial charge in [0.05, 0.1) is 5.41 Å². The fourth-order valence-electron chi connectivity index (χ4n) is 1.23. The average molecular weight is 257 g/mol. The third-order valence-electron chi connectivity index (χ3n) is 2.11. The number of hydrogen-bond acceptors (Lipinski definition) is 1. The minimum Gasteiger partial charge on any atom is -0.481 e. The lowest BCUT2D eigenvalue weighted by molar-refractivity contribution is -0.146. The lowest BCUT2D eigenvalue weighted by Gasteiger charge is -2.18. The van der Waals surface area contributed by atoms with E-state index in [0.717, 1.165) is 10.0 Å². The van der Waals surface area contributed by atoms with Crippen molar-refractivity contribution in [3.05, 3.63) is 34.3 Å². The van der Waals surface area contributed by atoms with Crippen molar-refractivity contribution in [2.75, 3.05) is 0 Å². The number of carboxylic acids is 1. The van der Waals surface area contributed by atoms with Crippen LogP contribution < -0.4 is 0 Å². The van der Waals surface area contributed by atoms with E-state index < -0.39 is 11.4 Å². The van der Waals surface area contributed by atoms with Crippen LogP contribution in [0, 0.1) is 5.41 Å². The van der Waals surface area contributed by atoms with Crippen molar-refractivity contribution in [3.8, 4) is 0 Å². The summed E-state index contributed by atoms with van der Waals surface area (Å²) in [7, 11) is 0. The van der Waals surface area contributed by atoms with Crippen LogP contribution in [0.2, 0.25) is 0 Å². The second kappa shape index (κ2) is 4.13. The van der Waals surface area contributed by atoms with Gasteiger partial charge in [0.15, 0.2) is 0 Å². The van der Waals surface area contributed by atoms with Gasteiger partial charge in [0.2, 0.25) is 0 Å². The zero-order chi connectivity index (χ0) is 10.8. The molecule has 0 aliphatic rings. The van der Waals surface area contributed by atoms with Gasteiger partial charge in [0.25, 0.3) is 0 Å². The summed E-state index contributed by atoms with van der Waals surface area (Å²) in [4.78, 5) is 10.9. The van der Waals surface area contributed by atoms with Gasteiger partial charge < -0.3 is 5.11 Å². The van der Waals surface area contributed by atoms with Gasteiger partial charge in [-0.2, -0.15) is 0 Å². The van der Waals surface area contributed by atoms with Gasteiger partial charge in [-0.05, 0) is 38.0 Å². The van der Waals surface area contributed by atoms with E-state index in [4.69, 9.17) is 5.11 Å². The van der Waals surface area contributed by atoms with Gasteiger partial charge in [-0.25, -0.2) is 0 Å². The Morgan fingerprint density at radius 1 is 1.50 bits per heavy atom. The molecule has 14 heavy (non-hydrogen) atoms. The van der Waals surface area contributed by atoms with E-state index in [1.165, 1.54) is 0 Å². The Morgan fingerprint density at radius 2 is 2.14 bits per heavy atom. The van der Waals surface area contributed by atoms with Crippen molar-refractivity contribution in [3.63, 3.8) is 0 Å². The third-order valence-corrected chi connectivity index (χ3v) is 2.61. The second-order valence-electron chi connectivity index (χ2n) is 4.00. The van der Waals surface area contributed by atoms with Crippen LogP contribution in [0.5, 0.6) is 0 Å². The van der Waals surface area contributed by atoms with E-state index in [1.807, 2.05) is 24.3 Å². The first kappa shape index (κ1) is 11.2. The van der Waals surface area contributed by atoms with Crippen LogP contribution in [0.4, 0.5) is 0 Å². The number of carboxylic acid groups (broad SMARTS) is 1. The first-order chi connectivity index (χ1) is 6.42. The van der Waals surface area contributed by atoms with Crippen molar-refractivity contribution in [2.24, 2.45) is 5.41 Å². The highest BCUT2D eigenvalue weighted by Gasteiger charge is 2.27. The lowest BCUT2D eigenvalue weighted by atomic mass is 9.86. The summed E-state index contributed by atoms with van der Waals surface area (Å²) in [6.45, 7) is 3.46. The van der Waals surface area contributed by atoms with Crippen molar-refractivity contribution >= 4 is 21.9 Å². The molecule has 1 rings (SSSR count). The van der Waals surface area contributed by atoms with Crippen LogP contribution in [-0.4, -0.2) is 11.1 Å². The lowest BCUT2D eigenvalue weighted by Crippen LogP contribution is -2.26. The first-order valence-corrected chi connectivity index (χ1v) is 5.19. The largest absolute Gasteiger partial charge is 0.481 e. The molecule has 3 heteroatoms. The van der Waals surface area contributed by atoms with Crippen LogP contribution in [0.15, 0.2) is 28.7 Å². The van der Waals surface area contributed by atoms with Gasteiger partial charge in [0.1, 0.15) is 0 Å². The number of carbonyl (C=O) groups is 1. The molecule has 0 aliphatic carbocycles. The maximum Gasteiger partial charge on any atom is 0.309 e. The topological polar surface area (TPSA) is 37.3 Å². The number of hydrogen-bond donors (Lipinski definition) is 1. The maximum atomic E-state index is 10.9. The molecule has 1 aromatic carbocycles. The van der Waals surface area contributed by atoms with Gasteiger partial charge in [-0.15, -0.1) is 0 Å². The molecule has 0 saturated heterocycles. The standard InChI is InChI=1S/C11H13BrO2/c1-11(2,10(13)14)7-8-4-3-5-9(12)6-8/h3-6H,7H2,1-2H3,(H,13,14). The van der Waals surface area contributed by atoms with E-state index >= 15 is 0 Å². The van der Waals surface area contributed by atoms with Crippen molar-refractivity contribution in [1.82, 2.24) is 0 Å². The number of halogens is 1. The zero-order valence-electron chi connectivity index (χ0n) is 8.25. The van der Waals surface area contributed by atoms with E-state index in [2.05, 4.69) is 15.9 Å². The molecule has 0 radical (unpaired) electrons. The van der Waals surface area contributed by atoms with Gasteiger partial charge in [-0.3, -0.25) is 4.79 Å². The van der Waals surface area contributed by atoms with Crippen LogP contribution in [0.3, 0.4) is 0 Å². The number of rotatable bonds is 3. The Morgan fingerprint density at radius 3 is 2.64 bits per heavy atom. The minimum absolute atomic E-state index is 0.543. The van der Waals surface area contributed by atoms with Crippen LogP contribution in [0.25, 0.3) is 0 Å². The van der Waals surface area contributed by atoms with E-state index in [-0.39, 0.29) is 0 Å². The molecule has 0 atom stereocenters. The molecule has 0 amide bonds. The van der Waals surface area contributed by atoms with Gasteiger partial charge in [0, 0.05) is 4.47 Å². The molecule has 0 spiro atoms. The molecule has 0 unspecified atom stereocenters. The highest BCUT2D eigenvalue weighted by Crippen LogP contribution is 2.23. The van der Waals surface area contributed by atoms with Crippen LogP contribution in [0.1, 0.15) is 19.4 Å². The molecule has 1 aromatic rings. The smallest absolute Gasteiger partial charge is 0.309 e. The van der Waals surface area contributed by atoms with E-state index in [1.54, 1.807) is 13.8 Å². The van der Waals surface area contributed by atoms with Gasteiger partial charge >= 0.3 is 5.97 Å². The third kappa shape index (κ3) is 2.84. The van der Waals surface area contributed by atoms with E-state index in [9.17, 15) is 4.79 Å². The quantitative estimate of drug-likeness (QED) is 0.903. The zero-order valence-corrected chi connectivity index (χ0v) is 9.84. The Labute approximate surface area is 92.1 Å². The molecule has 0 aromatic heterocycles. The second-order valence-corrected chi connectivity index (χ2v) is 4.91. The molecule has 0 fully saturated rings. The number of benzene rings is 1. The predicted octanol–water partition coefficient (Wildman–Crippen LogP) is 3.10. The maximum absolute atomic E-state index is 10.9. The summed E-state index contributed by atoms with van der Waals surface area (Å²) in [6, 6.07) is 7.73. The molecular formula is C11H13BrO2. The summed E-state index contributed by atoms with van der Waals surface area (Å²) in [5.74, 6) is -0.766. The van der Waals surface area contributed by atoms with Gasteiger partial charge in [-0.1, -0.05) is 28.1 Å². The fourth-order valence-corrected chi connectivity index (χ4v) is 1.68. The summed E-state index contributed by atoms with van der Waals surface area (Å²) in [5.41, 5.74) is 0.327. The average Bonchev–Trinajstić information content (AvgIpc) is 2.02. The Kier molecular flexibility index (Phi) is 3.32. The summed E-state index contributed by atoms with van der Waals surface area (Å²) >= 11 is 3.36.